The Hall–Kier alpha value is -2.81. The van der Waals surface area contributed by atoms with Gasteiger partial charge in [0.2, 0.25) is 0 Å². The first-order valence-electron chi connectivity index (χ1n) is 7.86. The van der Waals surface area contributed by atoms with Gasteiger partial charge in [0, 0.05) is 5.69 Å². The van der Waals surface area contributed by atoms with Crippen LogP contribution in [-0.2, 0) is 0 Å². The number of nitrogens with one attached hydrogen (secondary N) is 1. The van der Waals surface area contributed by atoms with Gasteiger partial charge in [-0.1, -0.05) is 12.1 Å². The van der Waals surface area contributed by atoms with E-state index >= 15 is 0 Å². The van der Waals surface area contributed by atoms with Crippen molar-refractivity contribution in [3.8, 4) is 15.6 Å². The number of benzene rings is 1. The summed E-state index contributed by atoms with van der Waals surface area (Å²) in [7, 11) is 0. The summed E-state index contributed by atoms with van der Waals surface area (Å²) in [6.45, 7) is 0. The number of amides is 1. The van der Waals surface area contributed by atoms with Crippen molar-refractivity contribution in [2.45, 2.75) is 0 Å². The van der Waals surface area contributed by atoms with Crippen LogP contribution in [0.2, 0.25) is 0 Å². The highest BCUT2D eigenvalue weighted by molar-refractivity contribution is 7.21. The van der Waals surface area contributed by atoms with Crippen molar-refractivity contribution in [3.05, 3.63) is 75.2 Å². The summed E-state index contributed by atoms with van der Waals surface area (Å²) in [6.07, 6.45) is 1.53. The molecule has 1 amide bonds. The molecule has 0 spiro atoms. The number of thiazole rings is 1. The molecule has 3 heterocycles. The SMILES string of the molecule is O=C(Nc1ccc(OC(=O)c2cnc(-c3cccs3)s2)cc1)c1cccs1. The van der Waals surface area contributed by atoms with Gasteiger partial charge < -0.3 is 10.1 Å². The first kappa shape index (κ1) is 17.6. The molecule has 3 aromatic heterocycles. The Morgan fingerprint density at radius 3 is 2.41 bits per heavy atom. The van der Waals surface area contributed by atoms with E-state index in [1.165, 1.54) is 28.9 Å². The summed E-state index contributed by atoms with van der Waals surface area (Å²) in [5, 5.41) is 7.41. The van der Waals surface area contributed by atoms with Gasteiger partial charge >= 0.3 is 5.97 Å². The maximum Gasteiger partial charge on any atom is 0.355 e. The molecule has 27 heavy (non-hydrogen) atoms. The third-order valence-electron chi connectivity index (χ3n) is 3.51. The Bertz CT molecular complexity index is 1050. The molecule has 134 valence electrons. The van der Waals surface area contributed by atoms with Crippen LogP contribution in [0.1, 0.15) is 19.3 Å². The Balaban J connectivity index is 1.39. The number of thiophene rings is 2. The first-order chi connectivity index (χ1) is 13.2. The quantitative estimate of drug-likeness (QED) is 0.352. The number of carbonyl (C=O) groups is 2. The number of aromatic nitrogens is 1. The summed E-state index contributed by atoms with van der Waals surface area (Å²) < 4.78 is 5.39. The summed E-state index contributed by atoms with van der Waals surface area (Å²) in [5.41, 5.74) is 0.631. The van der Waals surface area contributed by atoms with Crippen molar-refractivity contribution in [1.82, 2.24) is 4.98 Å². The van der Waals surface area contributed by atoms with Crippen LogP contribution in [0.3, 0.4) is 0 Å². The average Bonchev–Trinajstić information content (AvgIpc) is 3.43. The minimum absolute atomic E-state index is 0.166. The molecular formula is C19H12N2O3S3. The van der Waals surface area contributed by atoms with E-state index in [0.29, 0.717) is 21.2 Å². The van der Waals surface area contributed by atoms with E-state index in [1.54, 1.807) is 41.7 Å². The molecule has 0 bridgehead atoms. The van der Waals surface area contributed by atoms with Gasteiger partial charge in [-0.25, -0.2) is 9.78 Å². The highest BCUT2D eigenvalue weighted by Crippen LogP contribution is 2.29. The van der Waals surface area contributed by atoms with Crippen LogP contribution in [0.15, 0.2) is 65.5 Å². The predicted molar refractivity (Wildman–Crippen MR) is 109 cm³/mol. The molecule has 4 aromatic rings. The monoisotopic (exact) mass is 412 g/mol. The zero-order valence-corrected chi connectivity index (χ0v) is 16.2. The van der Waals surface area contributed by atoms with E-state index in [-0.39, 0.29) is 5.91 Å². The number of hydrogen-bond acceptors (Lipinski definition) is 7. The van der Waals surface area contributed by atoms with Gasteiger partial charge in [-0.3, -0.25) is 4.79 Å². The van der Waals surface area contributed by atoms with Crippen molar-refractivity contribution in [1.29, 1.82) is 0 Å². The molecule has 0 aliphatic rings. The molecule has 0 aliphatic heterocycles. The summed E-state index contributed by atoms with van der Waals surface area (Å²) in [4.78, 5) is 30.7. The molecule has 0 radical (unpaired) electrons. The molecule has 8 heteroatoms. The lowest BCUT2D eigenvalue weighted by atomic mass is 10.3. The number of hydrogen-bond donors (Lipinski definition) is 1. The van der Waals surface area contributed by atoms with Gasteiger partial charge in [0.25, 0.3) is 5.91 Å². The maximum absolute atomic E-state index is 12.3. The minimum Gasteiger partial charge on any atom is -0.422 e. The molecule has 0 atom stereocenters. The fourth-order valence-electron chi connectivity index (χ4n) is 2.25. The van der Waals surface area contributed by atoms with E-state index < -0.39 is 5.97 Å². The summed E-state index contributed by atoms with van der Waals surface area (Å²) in [6, 6.07) is 14.2. The van der Waals surface area contributed by atoms with Crippen LogP contribution in [0.5, 0.6) is 5.75 Å². The number of ether oxygens (including phenoxy) is 1. The smallest absolute Gasteiger partial charge is 0.355 e. The maximum atomic E-state index is 12.3. The third-order valence-corrected chi connectivity index (χ3v) is 6.39. The van der Waals surface area contributed by atoms with Crippen LogP contribution in [0.25, 0.3) is 9.88 Å². The van der Waals surface area contributed by atoms with Crippen molar-refractivity contribution in [2.75, 3.05) is 5.32 Å². The van der Waals surface area contributed by atoms with Gasteiger partial charge in [-0.05, 0) is 47.2 Å². The molecule has 5 nitrogen and oxygen atoms in total. The second-order valence-corrected chi connectivity index (χ2v) is 8.28. The van der Waals surface area contributed by atoms with E-state index in [2.05, 4.69) is 10.3 Å². The number of anilines is 1. The number of esters is 1. The molecule has 0 fully saturated rings. The third kappa shape index (κ3) is 4.13. The Morgan fingerprint density at radius 2 is 1.70 bits per heavy atom. The van der Waals surface area contributed by atoms with Gasteiger partial charge in [0.05, 0.1) is 16.0 Å². The zero-order chi connectivity index (χ0) is 18.6. The molecule has 0 saturated heterocycles. The highest BCUT2D eigenvalue weighted by atomic mass is 32.1. The van der Waals surface area contributed by atoms with Gasteiger partial charge in [-0.2, -0.15) is 0 Å². The summed E-state index contributed by atoms with van der Waals surface area (Å²) >= 11 is 4.24. The largest absolute Gasteiger partial charge is 0.422 e. The molecular weight excluding hydrogens is 400 g/mol. The van der Waals surface area contributed by atoms with Crippen molar-refractivity contribution < 1.29 is 14.3 Å². The first-order valence-corrected chi connectivity index (χ1v) is 10.4. The van der Waals surface area contributed by atoms with E-state index in [1.807, 2.05) is 29.0 Å². The van der Waals surface area contributed by atoms with Crippen LogP contribution in [0, 0.1) is 0 Å². The highest BCUT2D eigenvalue weighted by Gasteiger charge is 2.15. The van der Waals surface area contributed by atoms with Crippen molar-refractivity contribution >= 4 is 51.6 Å². The van der Waals surface area contributed by atoms with Crippen molar-refractivity contribution in [2.24, 2.45) is 0 Å². The lowest BCUT2D eigenvalue weighted by Gasteiger charge is -2.06. The lowest BCUT2D eigenvalue weighted by Crippen LogP contribution is -2.10. The van der Waals surface area contributed by atoms with E-state index in [0.717, 1.165) is 9.88 Å². The van der Waals surface area contributed by atoms with Crippen LogP contribution in [-0.4, -0.2) is 16.9 Å². The minimum atomic E-state index is -0.453. The number of rotatable bonds is 5. The normalized spacial score (nSPS) is 10.5. The lowest BCUT2D eigenvalue weighted by molar-refractivity contribution is 0.0739. The molecule has 0 saturated carbocycles. The Labute approximate surface area is 166 Å². The fraction of sp³-hybridized carbons (Fsp3) is 0. The van der Waals surface area contributed by atoms with Crippen LogP contribution in [0.4, 0.5) is 5.69 Å². The predicted octanol–water partition coefficient (Wildman–Crippen LogP) is 5.40. The number of nitrogens with zero attached hydrogens (tertiary/aromatic N) is 1. The topological polar surface area (TPSA) is 68.3 Å². The molecule has 1 aromatic carbocycles. The standard InChI is InChI=1S/C19H12N2O3S3/c22-17(14-3-1-9-25-14)21-12-5-7-13(8-6-12)24-19(23)16-11-20-18(27-16)15-4-2-10-26-15/h1-11H,(H,21,22). The van der Waals surface area contributed by atoms with Gasteiger partial charge in [0.1, 0.15) is 15.6 Å². The Kier molecular flexibility index (Phi) is 5.10. The molecule has 0 aliphatic carbocycles. The van der Waals surface area contributed by atoms with E-state index in [9.17, 15) is 9.59 Å². The second kappa shape index (κ2) is 7.83. The Morgan fingerprint density at radius 1 is 0.926 bits per heavy atom. The zero-order valence-electron chi connectivity index (χ0n) is 13.7. The number of carbonyl (C=O) groups excluding carboxylic acids is 2. The van der Waals surface area contributed by atoms with Crippen LogP contribution >= 0.6 is 34.0 Å². The molecule has 4 rings (SSSR count). The van der Waals surface area contributed by atoms with Crippen molar-refractivity contribution in [3.63, 3.8) is 0 Å². The fourth-order valence-corrected chi connectivity index (χ4v) is 4.46. The van der Waals surface area contributed by atoms with Gasteiger partial charge in [0.15, 0.2) is 0 Å². The van der Waals surface area contributed by atoms with E-state index in [4.69, 9.17) is 4.74 Å². The van der Waals surface area contributed by atoms with Crippen LogP contribution < -0.4 is 10.1 Å². The second-order valence-electron chi connectivity index (χ2n) is 5.35. The van der Waals surface area contributed by atoms with Gasteiger partial charge in [-0.15, -0.1) is 34.0 Å². The summed E-state index contributed by atoms with van der Waals surface area (Å²) in [5.74, 6) is -0.216. The molecule has 0 unspecified atom stereocenters. The average molecular weight is 413 g/mol. The molecule has 1 N–H and O–H groups in total.